The maximum Gasteiger partial charge on any atom is 0.231 e. The lowest BCUT2D eigenvalue weighted by Gasteiger charge is -2.52. The predicted octanol–water partition coefficient (Wildman–Crippen LogP) is 2.63. The second-order valence-electron chi connectivity index (χ2n) is 6.98. The average Bonchev–Trinajstić information content (AvgIpc) is 3.00. The molecule has 0 radical (unpaired) electrons. The lowest BCUT2D eigenvalue weighted by molar-refractivity contribution is -0.153. The second kappa shape index (κ2) is 5.41. The van der Waals surface area contributed by atoms with Gasteiger partial charge in [-0.05, 0) is 37.0 Å². The van der Waals surface area contributed by atoms with E-state index in [1.165, 1.54) is 0 Å². The fraction of sp³-hybridized carbons (Fsp3) is 0.611. The minimum absolute atomic E-state index is 0.0697. The highest BCUT2D eigenvalue weighted by Gasteiger charge is 2.49. The first kappa shape index (κ1) is 14.8. The van der Waals surface area contributed by atoms with Gasteiger partial charge < -0.3 is 19.5 Å². The SMILES string of the molecule is CC(=O)N1CCC2(O)CCCCC2[C@@H]1c1ccc2c(c1)OCO2. The number of hydrogen-bond acceptors (Lipinski definition) is 4. The summed E-state index contributed by atoms with van der Waals surface area (Å²) in [7, 11) is 0. The summed E-state index contributed by atoms with van der Waals surface area (Å²) in [5.41, 5.74) is 0.389. The molecule has 3 aliphatic rings. The zero-order valence-electron chi connectivity index (χ0n) is 13.5. The molecule has 4 rings (SSSR count). The van der Waals surface area contributed by atoms with Crippen LogP contribution in [0.3, 0.4) is 0 Å². The summed E-state index contributed by atoms with van der Waals surface area (Å²) < 4.78 is 10.9. The number of rotatable bonds is 1. The zero-order chi connectivity index (χ0) is 16.0. The number of carbonyl (C=O) groups excluding carboxylic acids is 1. The topological polar surface area (TPSA) is 59.0 Å². The van der Waals surface area contributed by atoms with Gasteiger partial charge >= 0.3 is 0 Å². The lowest BCUT2D eigenvalue weighted by atomic mass is 9.66. The Bertz CT molecular complexity index is 631. The molecular formula is C18H23NO4. The van der Waals surface area contributed by atoms with Crippen molar-refractivity contribution in [2.24, 2.45) is 5.92 Å². The number of carbonyl (C=O) groups is 1. The Morgan fingerprint density at radius 1 is 1.26 bits per heavy atom. The number of benzene rings is 1. The quantitative estimate of drug-likeness (QED) is 0.865. The van der Waals surface area contributed by atoms with Gasteiger partial charge in [-0.15, -0.1) is 0 Å². The van der Waals surface area contributed by atoms with Gasteiger partial charge in [-0.1, -0.05) is 18.9 Å². The Labute approximate surface area is 136 Å². The minimum Gasteiger partial charge on any atom is -0.454 e. The fourth-order valence-corrected chi connectivity index (χ4v) is 4.54. The molecule has 1 amide bonds. The van der Waals surface area contributed by atoms with Crippen molar-refractivity contribution in [1.82, 2.24) is 4.90 Å². The first-order valence-electron chi connectivity index (χ1n) is 8.48. The van der Waals surface area contributed by atoms with Gasteiger partial charge in [0.05, 0.1) is 11.6 Å². The average molecular weight is 317 g/mol. The molecule has 124 valence electrons. The largest absolute Gasteiger partial charge is 0.454 e. The van der Waals surface area contributed by atoms with Gasteiger partial charge in [0.1, 0.15) is 0 Å². The highest BCUT2D eigenvalue weighted by Crippen LogP contribution is 2.50. The number of fused-ring (bicyclic) bond motifs is 2. The number of piperidine rings is 1. The minimum atomic E-state index is -0.648. The van der Waals surface area contributed by atoms with Gasteiger partial charge in [0.2, 0.25) is 12.7 Å². The molecular weight excluding hydrogens is 294 g/mol. The maximum atomic E-state index is 12.2. The van der Waals surface area contributed by atoms with Gasteiger partial charge in [0, 0.05) is 19.4 Å². The molecule has 0 aromatic heterocycles. The number of aliphatic hydroxyl groups is 1. The van der Waals surface area contributed by atoms with Gasteiger partial charge in [0.25, 0.3) is 0 Å². The van der Waals surface area contributed by atoms with Crippen LogP contribution in [0.15, 0.2) is 18.2 Å². The molecule has 5 nitrogen and oxygen atoms in total. The molecule has 3 atom stereocenters. The molecule has 1 aromatic rings. The Hall–Kier alpha value is -1.75. The summed E-state index contributed by atoms with van der Waals surface area (Å²) in [6.07, 6.45) is 4.66. The number of amides is 1. The highest BCUT2D eigenvalue weighted by molar-refractivity contribution is 5.74. The summed E-state index contributed by atoms with van der Waals surface area (Å²) >= 11 is 0. The number of nitrogens with zero attached hydrogens (tertiary/aromatic N) is 1. The summed E-state index contributed by atoms with van der Waals surface area (Å²) in [6.45, 7) is 2.47. The predicted molar refractivity (Wildman–Crippen MR) is 84.2 cm³/mol. The van der Waals surface area contributed by atoms with Crippen LogP contribution in [0.4, 0.5) is 0 Å². The third kappa shape index (κ3) is 2.38. The van der Waals surface area contributed by atoms with Crippen molar-refractivity contribution in [2.45, 2.75) is 50.7 Å². The van der Waals surface area contributed by atoms with Crippen molar-refractivity contribution >= 4 is 5.91 Å². The van der Waals surface area contributed by atoms with Crippen LogP contribution >= 0.6 is 0 Å². The molecule has 2 aliphatic heterocycles. The smallest absolute Gasteiger partial charge is 0.231 e. The first-order valence-corrected chi connectivity index (χ1v) is 8.48. The van der Waals surface area contributed by atoms with E-state index in [0.717, 1.165) is 42.7 Å². The van der Waals surface area contributed by atoms with E-state index in [9.17, 15) is 9.90 Å². The van der Waals surface area contributed by atoms with Crippen LogP contribution in [0.1, 0.15) is 50.6 Å². The molecule has 1 saturated carbocycles. The van der Waals surface area contributed by atoms with Crippen LogP contribution in [-0.4, -0.2) is 34.9 Å². The molecule has 23 heavy (non-hydrogen) atoms. The Balaban J connectivity index is 1.75. The Morgan fingerprint density at radius 3 is 2.91 bits per heavy atom. The number of likely N-dealkylation sites (tertiary alicyclic amines) is 1. The van der Waals surface area contributed by atoms with Crippen LogP contribution in [0.25, 0.3) is 0 Å². The molecule has 0 bridgehead atoms. The molecule has 2 heterocycles. The summed E-state index contributed by atoms with van der Waals surface area (Å²) in [4.78, 5) is 14.1. The summed E-state index contributed by atoms with van der Waals surface area (Å²) in [6, 6.07) is 5.81. The van der Waals surface area contributed by atoms with Crippen molar-refractivity contribution in [3.05, 3.63) is 23.8 Å². The maximum absolute atomic E-state index is 12.2. The van der Waals surface area contributed by atoms with Gasteiger partial charge in [-0.3, -0.25) is 4.79 Å². The lowest BCUT2D eigenvalue weighted by Crippen LogP contribution is -2.55. The summed E-state index contributed by atoms with van der Waals surface area (Å²) in [5.74, 6) is 1.64. The van der Waals surface area contributed by atoms with E-state index in [-0.39, 0.29) is 24.7 Å². The van der Waals surface area contributed by atoms with Crippen molar-refractivity contribution in [2.75, 3.05) is 13.3 Å². The van der Waals surface area contributed by atoms with Crippen LogP contribution in [0.2, 0.25) is 0 Å². The van der Waals surface area contributed by atoms with Crippen molar-refractivity contribution in [3.63, 3.8) is 0 Å². The first-order chi connectivity index (χ1) is 11.1. The molecule has 1 aromatic carbocycles. The fourth-order valence-electron chi connectivity index (χ4n) is 4.54. The highest BCUT2D eigenvalue weighted by atomic mass is 16.7. The molecule has 2 unspecified atom stereocenters. The monoisotopic (exact) mass is 317 g/mol. The zero-order valence-corrected chi connectivity index (χ0v) is 13.5. The van der Waals surface area contributed by atoms with E-state index < -0.39 is 5.60 Å². The standard InChI is InChI=1S/C18H23NO4/c1-12(20)19-9-8-18(21)7-3-2-4-14(18)17(19)13-5-6-15-16(10-13)23-11-22-15/h5-6,10,14,17,21H,2-4,7-9,11H2,1H3/t14?,17-,18?/m0/s1. The van der Waals surface area contributed by atoms with Crippen molar-refractivity contribution < 1.29 is 19.4 Å². The molecule has 1 aliphatic carbocycles. The van der Waals surface area contributed by atoms with Gasteiger partial charge in [0.15, 0.2) is 11.5 Å². The third-order valence-electron chi connectivity index (χ3n) is 5.71. The van der Waals surface area contributed by atoms with E-state index in [2.05, 4.69) is 0 Å². The van der Waals surface area contributed by atoms with E-state index in [1.807, 2.05) is 23.1 Å². The van der Waals surface area contributed by atoms with E-state index in [4.69, 9.17) is 9.47 Å². The van der Waals surface area contributed by atoms with Gasteiger partial charge in [-0.25, -0.2) is 0 Å². The van der Waals surface area contributed by atoms with Crippen molar-refractivity contribution in [1.29, 1.82) is 0 Å². The molecule has 0 spiro atoms. The van der Waals surface area contributed by atoms with E-state index in [1.54, 1.807) is 6.92 Å². The van der Waals surface area contributed by atoms with Crippen molar-refractivity contribution in [3.8, 4) is 11.5 Å². The molecule has 1 N–H and O–H groups in total. The van der Waals surface area contributed by atoms with Crippen LogP contribution in [0.5, 0.6) is 11.5 Å². The molecule has 1 saturated heterocycles. The van der Waals surface area contributed by atoms with Gasteiger partial charge in [-0.2, -0.15) is 0 Å². The second-order valence-corrected chi connectivity index (χ2v) is 6.98. The summed E-state index contributed by atoms with van der Waals surface area (Å²) in [5, 5.41) is 11.1. The Kier molecular flexibility index (Phi) is 3.48. The number of ether oxygens (including phenoxy) is 2. The number of hydrogen-bond donors (Lipinski definition) is 1. The van der Waals surface area contributed by atoms with Crippen LogP contribution < -0.4 is 9.47 Å². The van der Waals surface area contributed by atoms with E-state index >= 15 is 0 Å². The van der Waals surface area contributed by atoms with Crippen LogP contribution in [-0.2, 0) is 4.79 Å². The van der Waals surface area contributed by atoms with Crippen LogP contribution in [0, 0.1) is 5.92 Å². The van der Waals surface area contributed by atoms with E-state index in [0.29, 0.717) is 13.0 Å². The normalized spacial score (nSPS) is 32.5. The Morgan fingerprint density at radius 2 is 2.09 bits per heavy atom. The molecule has 2 fully saturated rings. The molecule has 5 heteroatoms. The third-order valence-corrected chi connectivity index (χ3v) is 5.71.